The van der Waals surface area contributed by atoms with E-state index in [4.69, 9.17) is 0 Å². The van der Waals surface area contributed by atoms with Crippen LogP contribution in [0.5, 0.6) is 0 Å². The van der Waals surface area contributed by atoms with Crippen LogP contribution in [0, 0.1) is 22.7 Å². The van der Waals surface area contributed by atoms with Crippen molar-refractivity contribution in [2.45, 2.75) is 58.5 Å². The van der Waals surface area contributed by atoms with E-state index in [0.717, 1.165) is 45.3 Å². The summed E-state index contributed by atoms with van der Waals surface area (Å²) in [5.41, 5.74) is 15.0. The highest BCUT2D eigenvalue weighted by Crippen LogP contribution is 2.54. The Bertz CT molecular complexity index is 3530. The van der Waals surface area contributed by atoms with Crippen molar-refractivity contribution in [3.63, 3.8) is 0 Å². The topological polar surface area (TPSA) is 54.1 Å². The molecule has 1 aliphatic carbocycles. The van der Waals surface area contributed by atoms with E-state index in [0.29, 0.717) is 11.1 Å². The molecule has 0 aromatic heterocycles. The molecule has 10 rings (SSSR count). The van der Waals surface area contributed by atoms with Gasteiger partial charge in [-0.15, -0.1) is 0 Å². The molecular formula is C63H56N4Si2. The molecule has 0 aliphatic heterocycles. The summed E-state index contributed by atoms with van der Waals surface area (Å²) in [4.78, 5) is 4.56. The van der Waals surface area contributed by atoms with Crippen LogP contribution < -0.4 is 20.2 Å². The number of hydrogen-bond acceptors (Lipinski definition) is 4. The Hall–Kier alpha value is -7.75. The highest BCUT2D eigenvalue weighted by molar-refractivity contribution is 6.89. The lowest BCUT2D eigenvalue weighted by Gasteiger charge is -2.28. The van der Waals surface area contributed by atoms with Crippen LogP contribution in [-0.2, 0) is 5.41 Å². The van der Waals surface area contributed by atoms with E-state index in [2.05, 4.69) is 221 Å². The van der Waals surface area contributed by atoms with Crippen molar-refractivity contribution in [3.8, 4) is 23.3 Å². The van der Waals surface area contributed by atoms with E-state index in [-0.39, 0.29) is 5.41 Å². The zero-order valence-corrected chi connectivity index (χ0v) is 42.8. The molecule has 336 valence electrons. The summed E-state index contributed by atoms with van der Waals surface area (Å²) in [6.07, 6.45) is 4.40. The predicted octanol–water partition coefficient (Wildman–Crippen LogP) is 16.2. The van der Waals surface area contributed by atoms with Gasteiger partial charge in [0.05, 0.1) is 39.4 Å². The molecule has 1 aliphatic rings. The summed E-state index contributed by atoms with van der Waals surface area (Å²) in [7, 11) is -2.93. The van der Waals surface area contributed by atoms with Gasteiger partial charge in [-0.2, -0.15) is 10.5 Å². The zero-order chi connectivity index (χ0) is 48.2. The molecule has 0 N–H and O–H groups in total. The second-order valence-corrected chi connectivity index (χ2v) is 31.1. The number of anilines is 6. The Morgan fingerprint density at radius 3 is 1.17 bits per heavy atom. The van der Waals surface area contributed by atoms with Gasteiger partial charge in [-0.1, -0.05) is 155 Å². The molecular weight excluding hydrogens is 869 g/mol. The molecule has 0 saturated heterocycles. The second-order valence-electron chi connectivity index (χ2n) is 21.0. The van der Waals surface area contributed by atoms with Crippen molar-refractivity contribution in [3.05, 3.63) is 215 Å². The van der Waals surface area contributed by atoms with Gasteiger partial charge in [-0.25, -0.2) is 0 Å². The van der Waals surface area contributed by atoms with Gasteiger partial charge < -0.3 is 9.80 Å². The largest absolute Gasteiger partial charge is 0.311 e. The van der Waals surface area contributed by atoms with Crippen LogP contribution in [-0.4, -0.2) is 16.1 Å². The molecule has 9 aromatic rings. The molecule has 9 aromatic carbocycles. The summed E-state index contributed by atoms with van der Waals surface area (Å²) in [6.45, 7) is 19.0. The van der Waals surface area contributed by atoms with Crippen LogP contribution in [0.3, 0.4) is 0 Å². The molecule has 0 heterocycles. The summed E-state index contributed by atoms with van der Waals surface area (Å²) in [5, 5.41) is 26.9. The van der Waals surface area contributed by atoms with Gasteiger partial charge in [0.1, 0.15) is 0 Å². The smallest absolute Gasteiger partial charge is 0.0991 e. The first kappa shape index (κ1) is 45.1. The Morgan fingerprint density at radius 2 is 0.739 bits per heavy atom. The van der Waals surface area contributed by atoms with Gasteiger partial charge in [-0.05, 0) is 158 Å². The number of fused-ring (bicyclic) bond motifs is 7. The number of nitriles is 2. The lowest BCUT2D eigenvalue weighted by atomic mass is 9.78. The molecule has 69 heavy (non-hydrogen) atoms. The summed E-state index contributed by atoms with van der Waals surface area (Å²) >= 11 is 0. The first-order valence-electron chi connectivity index (χ1n) is 23.9. The average Bonchev–Trinajstić information content (AvgIpc) is 3.60. The fraction of sp³-hybridized carbons (Fsp3) is 0.143. The molecule has 0 unspecified atom stereocenters. The zero-order valence-electron chi connectivity index (χ0n) is 40.8. The molecule has 4 nitrogen and oxygen atoms in total. The van der Waals surface area contributed by atoms with Crippen molar-refractivity contribution < 1.29 is 0 Å². The van der Waals surface area contributed by atoms with Crippen molar-refractivity contribution >= 4 is 94.3 Å². The number of hydrogen-bond donors (Lipinski definition) is 0. The number of rotatable bonds is 10. The standard InChI is InChI=1S/C63H56N4Si2/c1-63(2)61-57-35-17-44(10-9-43-11-20-49(21-12-43)66(50-22-13-45(41-64)14-23-50)52-26-31-55(32-27-52)68(3,4)5)39-47(57)18-36-59(61)60-37-19-48-40-54(30-38-58(48)62(60)63)67(51-24-15-46(42-65)16-25-51)53-28-33-56(34-29-53)69(6,7)8/h9-40H,1-8H3/b10-9+. The van der Waals surface area contributed by atoms with Crippen molar-refractivity contribution in [1.82, 2.24) is 0 Å². The van der Waals surface area contributed by atoms with E-state index in [1.165, 1.54) is 54.2 Å². The lowest BCUT2D eigenvalue weighted by molar-refractivity contribution is 0.672. The molecule has 0 fully saturated rings. The van der Waals surface area contributed by atoms with E-state index >= 15 is 0 Å². The molecule has 0 saturated carbocycles. The van der Waals surface area contributed by atoms with Crippen LogP contribution >= 0.6 is 0 Å². The first-order chi connectivity index (χ1) is 33.1. The highest BCUT2D eigenvalue weighted by Gasteiger charge is 2.38. The normalized spacial score (nSPS) is 13.0. The third kappa shape index (κ3) is 8.48. The summed E-state index contributed by atoms with van der Waals surface area (Å²) < 4.78 is 0. The van der Waals surface area contributed by atoms with Crippen molar-refractivity contribution in [2.24, 2.45) is 0 Å². The van der Waals surface area contributed by atoms with Crippen molar-refractivity contribution in [2.75, 3.05) is 9.80 Å². The molecule has 0 atom stereocenters. The fourth-order valence-corrected chi connectivity index (χ4v) is 12.6. The summed E-state index contributed by atoms with van der Waals surface area (Å²) in [5.74, 6) is 0. The van der Waals surface area contributed by atoms with Gasteiger partial charge in [0.2, 0.25) is 0 Å². The average molecular weight is 925 g/mol. The van der Waals surface area contributed by atoms with Gasteiger partial charge >= 0.3 is 0 Å². The van der Waals surface area contributed by atoms with E-state index < -0.39 is 16.1 Å². The minimum atomic E-state index is -1.48. The second kappa shape index (κ2) is 17.4. The number of benzene rings is 9. The third-order valence-electron chi connectivity index (χ3n) is 14.0. The van der Waals surface area contributed by atoms with Gasteiger partial charge in [0.15, 0.2) is 0 Å². The van der Waals surface area contributed by atoms with Crippen LogP contribution in [0.25, 0.3) is 44.8 Å². The third-order valence-corrected chi connectivity index (χ3v) is 18.1. The first-order valence-corrected chi connectivity index (χ1v) is 30.9. The lowest BCUT2D eigenvalue weighted by Crippen LogP contribution is -2.37. The van der Waals surface area contributed by atoms with Crippen LogP contribution in [0.1, 0.15) is 47.2 Å². The Kier molecular flexibility index (Phi) is 11.4. The predicted molar refractivity (Wildman–Crippen MR) is 299 cm³/mol. The highest BCUT2D eigenvalue weighted by atomic mass is 28.3. The van der Waals surface area contributed by atoms with E-state index in [1.54, 1.807) is 0 Å². The quantitative estimate of drug-likeness (QED) is 0.101. The minimum Gasteiger partial charge on any atom is -0.311 e. The molecule has 6 heteroatoms. The fourth-order valence-electron chi connectivity index (χ4n) is 10.2. The maximum absolute atomic E-state index is 9.57. The summed E-state index contributed by atoms with van der Waals surface area (Å²) in [6, 6.07) is 70.0. The molecule has 0 radical (unpaired) electrons. The van der Waals surface area contributed by atoms with E-state index in [9.17, 15) is 10.5 Å². The molecule has 0 bridgehead atoms. The Morgan fingerprint density at radius 1 is 0.391 bits per heavy atom. The van der Waals surface area contributed by atoms with Gasteiger partial charge in [0.25, 0.3) is 0 Å². The van der Waals surface area contributed by atoms with Gasteiger partial charge in [-0.3, -0.25) is 0 Å². The maximum atomic E-state index is 9.57. The maximum Gasteiger partial charge on any atom is 0.0991 e. The SMILES string of the molecule is CC1(C)c2c(ccc3cc(/C=C/c4ccc(N(c5ccc(C#N)cc5)c5ccc([Si](C)(C)C)cc5)cc4)ccc23)-c2ccc3cc(N(c4ccc(C#N)cc4)c4ccc([Si](C)(C)C)cc4)ccc3c21. The van der Waals surface area contributed by atoms with Gasteiger partial charge in [0, 0.05) is 39.5 Å². The monoisotopic (exact) mass is 924 g/mol. The Balaban J connectivity index is 0.940. The van der Waals surface area contributed by atoms with Crippen LogP contribution in [0.2, 0.25) is 39.3 Å². The van der Waals surface area contributed by atoms with Crippen LogP contribution in [0.4, 0.5) is 34.1 Å². The Labute approximate surface area is 409 Å². The molecule has 0 spiro atoms. The van der Waals surface area contributed by atoms with Crippen LogP contribution in [0.15, 0.2) is 182 Å². The van der Waals surface area contributed by atoms with Crippen molar-refractivity contribution in [1.29, 1.82) is 10.5 Å². The van der Waals surface area contributed by atoms with E-state index in [1.807, 2.05) is 48.5 Å². The number of nitrogens with zero attached hydrogens (tertiary/aromatic N) is 4. The minimum absolute atomic E-state index is 0.230. The molecule has 0 amide bonds.